The minimum Gasteiger partial charge on any atom is -0.457 e. The highest BCUT2D eigenvalue weighted by molar-refractivity contribution is 6.42. The maximum absolute atomic E-state index is 12.2. The molecule has 0 heterocycles. The lowest BCUT2D eigenvalue weighted by Gasteiger charge is -2.19. The largest absolute Gasteiger partial charge is 0.457 e. The summed E-state index contributed by atoms with van der Waals surface area (Å²) in [5, 5.41) is 6.01. The van der Waals surface area contributed by atoms with Crippen LogP contribution in [0.2, 0.25) is 10.0 Å². The van der Waals surface area contributed by atoms with Crippen LogP contribution < -0.4 is 15.4 Å². The molecule has 0 aromatic heterocycles. The van der Waals surface area contributed by atoms with Crippen LogP contribution >= 0.6 is 23.2 Å². The molecular formula is C29H30Cl2N2O5. The zero-order chi connectivity index (χ0) is 27.7. The molecule has 0 aliphatic rings. The van der Waals surface area contributed by atoms with E-state index in [1.807, 2.05) is 24.3 Å². The van der Waals surface area contributed by atoms with Crippen molar-refractivity contribution in [2.45, 2.75) is 45.4 Å². The summed E-state index contributed by atoms with van der Waals surface area (Å²) >= 11 is 11.7. The van der Waals surface area contributed by atoms with Crippen LogP contribution in [0.3, 0.4) is 0 Å². The van der Waals surface area contributed by atoms with Gasteiger partial charge in [0.15, 0.2) is 6.61 Å². The first-order valence-electron chi connectivity index (χ1n) is 12.1. The molecule has 9 heteroatoms. The molecule has 3 aromatic rings. The molecule has 0 spiro atoms. The third-order valence-electron chi connectivity index (χ3n) is 5.45. The fourth-order valence-electron chi connectivity index (χ4n) is 3.37. The lowest BCUT2D eigenvalue weighted by molar-refractivity contribution is -0.147. The minimum absolute atomic E-state index is 0.00819. The van der Waals surface area contributed by atoms with Crippen molar-refractivity contribution in [1.29, 1.82) is 0 Å². The second kappa shape index (κ2) is 13.3. The van der Waals surface area contributed by atoms with Crippen molar-refractivity contribution in [3.05, 3.63) is 82.3 Å². The van der Waals surface area contributed by atoms with E-state index < -0.39 is 18.5 Å². The minimum atomic E-state index is -0.570. The van der Waals surface area contributed by atoms with Crippen LogP contribution in [0.15, 0.2) is 66.7 Å². The van der Waals surface area contributed by atoms with E-state index in [0.717, 1.165) is 5.75 Å². The molecule has 0 radical (unpaired) electrons. The molecule has 200 valence electrons. The molecule has 7 nitrogen and oxygen atoms in total. The van der Waals surface area contributed by atoms with E-state index in [4.69, 9.17) is 32.7 Å². The average Bonchev–Trinajstić information content (AvgIpc) is 2.86. The van der Waals surface area contributed by atoms with E-state index in [1.165, 1.54) is 11.6 Å². The number of nitrogens with one attached hydrogen (secondary N) is 2. The van der Waals surface area contributed by atoms with E-state index in [1.54, 1.807) is 36.4 Å². The SMILES string of the molecule is CC(C)(C)c1ccc(Oc2ccc(NC(=O)CCCC(=O)OCC(=O)Nc3ccc(Cl)c(Cl)c3)cc2)cc1. The lowest BCUT2D eigenvalue weighted by Crippen LogP contribution is -2.21. The molecule has 0 atom stereocenters. The molecular weight excluding hydrogens is 527 g/mol. The summed E-state index contributed by atoms with van der Waals surface area (Å²) in [6.45, 7) is 6.03. The molecule has 38 heavy (non-hydrogen) atoms. The number of hydrogen-bond acceptors (Lipinski definition) is 5. The number of rotatable bonds is 10. The molecule has 0 bridgehead atoms. The van der Waals surface area contributed by atoms with E-state index >= 15 is 0 Å². The Morgan fingerprint density at radius 3 is 1.92 bits per heavy atom. The molecule has 3 rings (SSSR count). The number of ether oxygens (including phenoxy) is 2. The molecule has 0 saturated heterocycles. The first-order chi connectivity index (χ1) is 18.0. The first-order valence-corrected chi connectivity index (χ1v) is 12.8. The summed E-state index contributed by atoms with van der Waals surface area (Å²) < 4.78 is 10.8. The number of anilines is 2. The van der Waals surface area contributed by atoms with Crippen LogP contribution in [0.5, 0.6) is 11.5 Å². The maximum Gasteiger partial charge on any atom is 0.306 e. The van der Waals surface area contributed by atoms with E-state index in [9.17, 15) is 14.4 Å². The maximum atomic E-state index is 12.2. The van der Waals surface area contributed by atoms with Crippen molar-refractivity contribution >= 4 is 52.4 Å². The Kier molecular flexibility index (Phi) is 10.2. The van der Waals surface area contributed by atoms with Gasteiger partial charge in [-0.2, -0.15) is 0 Å². The number of carbonyl (C=O) groups is 3. The lowest BCUT2D eigenvalue weighted by atomic mass is 9.87. The standard InChI is InChI=1S/C29H30Cl2N2O5/c1-29(2,3)19-7-12-22(13-8-19)38-23-14-9-20(10-15-23)32-26(34)5-4-6-28(36)37-18-27(35)33-21-11-16-24(30)25(31)17-21/h7-17H,4-6,18H2,1-3H3,(H,32,34)(H,33,35). The van der Waals surface area contributed by atoms with E-state index in [-0.39, 0.29) is 30.6 Å². The summed E-state index contributed by atoms with van der Waals surface area (Å²) in [4.78, 5) is 36.1. The van der Waals surface area contributed by atoms with Gasteiger partial charge in [0, 0.05) is 24.2 Å². The van der Waals surface area contributed by atoms with Gasteiger partial charge in [-0.15, -0.1) is 0 Å². The zero-order valence-corrected chi connectivity index (χ0v) is 23.0. The highest BCUT2D eigenvalue weighted by Gasteiger charge is 2.13. The van der Waals surface area contributed by atoms with Crippen LogP contribution in [0.4, 0.5) is 11.4 Å². The van der Waals surface area contributed by atoms with Crippen LogP contribution in [0, 0.1) is 0 Å². The number of carbonyl (C=O) groups excluding carboxylic acids is 3. The highest BCUT2D eigenvalue weighted by atomic mass is 35.5. The number of amides is 2. The van der Waals surface area contributed by atoms with Gasteiger partial charge in [0.2, 0.25) is 5.91 Å². The van der Waals surface area contributed by atoms with Crippen LogP contribution in [0.1, 0.15) is 45.6 Å². The van der Waals surface area contributed by atoms with Crippen molar-refractivity contribution in [2.75, 3.05) is 17.2 Å². The Morgan fingerprint density at radius 2 is 1.32 bits per heavy atom. The predicted molar refractivity (Wildman–Crippen MR) is 150 cm³/mol. The monoisotopic (exact) mass is 556 g/mol. The van der Waals surface area contributed by atoms with E-state index in [2.05, 4.69) is 31.4 Å². The van der Waals surface area contributed by atoms with Gasteiger partial charge >= 0.3 is 5.97 Å². The topological polar surface area (TPSA) is 93.7 Å². The van der Waals surface area contributed by atoms with Crippen LogP contribution in [-0.4, -0.2) is 24.4 Å². The molecule has 3 aromatic carbocycles. The normalized spacial score (nSPS) is 11.0. The van der Waals surface area contributed by atoms with Crippen molar-refractivity contribution in [2.24, 2.45) is 0 Å². The van der Waals surface area contributed by atoms with Crippen molar-refractivity contribution in [3.63, 3.8) is 0 Å². The fraction of sp³-hybridized carbons (Fsp3) is 0.276. The predicted octanol–water partition coefficient (Wildman–Crippen LogP) is 7.37. The number of hydrogen-bond donors (Lipinski definition) is 2. The molecule has 0 fully saturated rings. The molecule has 2 N–H and O–H groups in total. The van der Waals surface area contributed by atoms with Gasteiger partial charge in [-0.1, -0.05) is 56.1 Å². The zero-order valence-electron chi connectivity index (χ0n) is 21.5. The fourth-order valence-corrected chi connectivity index (χ4v) is 3.67. The Bertz CT molecular complexity index is 1270. The number of benzene rings is 3. The van der Waals surface area contributed by atoms with Crippen LogP contribution in [-0.2, 0) is 24.5 Å². The van der Waals surface area contributed by atoms with Crippen LogP contribution in [0.25, 0.3) is 0 Å². The molecule has 0 aliphatic carbocycles. The summed E-state index contributed by atoms with van der Waals surface area (Å²) in [6.07, 6.45) is 0.419. The third-order valence-corrected chi connectivity index (χ3v) is 6.19. The summed E-state index contributed by atoms with van der Waals surface area (Å²) in [5.41, 5.74) is 2.35. The third kappa shape index (κ3) is 9.39. The molecule has 0 aliphatic heterocycles. The van der Waals surface area contributed by atoms with E-state index in [0.29, 0.717) is 27.2 Å². The quantitative estimate of drug-likeness (QED) is 0.254. The van der Waals surface area contributed by atoms with Gasteiger partial charge in [-0.3, -0.25) is 14.4 Å². The van der Waals surface area contributed by atoms with Crippen molar-refractivity contribution in [3.8, 4) is 11.5 Å². The Balaban J connectivity index is 1.34. The van der Waals surface area contributed by atoms with Gasteiger partial charge < -0.3 is 20.1 Å². The van der Waals surface area contributed by atoms with Gasteiger partial charge in [-0.25, -0.2) is 0 Å². The number of esters is 1. The summed E-state index contributed by atoms with van der Waals surface area (Å²) in [5.74, 6) is 0.0653. The van der Waals surface area contributed by atoms with Gasteiger partial charge in [-0.05, 0) is 72.0 Å². The Labute approximate surface area is 232 Å². The van der Waals surface area contributed by atoms with Crippen molar-refractivity contribution in [1.82, 2.24) is 0 Å². The average molecular weight is 557 g/mol. The first kappa shape index (κ1) is 29.0. The molecule has 0 unspecified atom stereocenters. The molecule has 2 amide bonds. The van der Waals surface area contributed by atoms with Gasteiger partial charge in [0.25, 0.3) is 5.91 Å². The summed E-state index contributed by atoms with van der Waals surface area (Å²) in [7, 11) is 0. The van der Waals surface area contributed by atoms with Gasteiger partial charge in [0.1, 0.15) is 11.5 Å². The van der Waals surface area contributed by atoms with Gasteiger partial charge in [0.05, 0.1) is 10.0 Å². The molecule has 0 saturated carbocycles. The second-order valence-electron chi connectivity index (χ2n) is 9.64. The summed E-state index contributed by atoms with van der Waals surface area (Å²) in [6, 6.07) is 19.6. The number of halogens is 2. The van der Waals surface area contributed by atoms with Crippen molar-refractivity contribution < 1.29 is 23.9 Å². The highest BCUT2D eigenvalue weighted by Crippen LogP contribution is 2.28. The smallest absolute Gasteiger partial charge is 0.306 e. The Hall–Kier alpha value is -3.55. The second-order valence-corrected chi connectivity index (χ2v) is 10.5. The Morgan fingerprint density at radius 1 is 0.737 bits per heavy atom.